The fourth-order valence-electron chi connectivity index (χ4n) is 6.56. The minimum absolute atomic E-state index is 0.0575. The summed E-state index contributed by atoms with van der Waals surface area (Å²) in [5, 5.41) is 39.3. The van der Waals surface area contributed by atoms with Gasteiger partial charge in [-0.05, 0) is 50.9 Å². The van der Waals surface area contributed by atoms with Crippen LogP contribution in [-0.4, -0.2) is 137 Å². The summed E-state index contributed by atoms with van der Waals surface area (Å²) in [5.41, 5.74) is 12.1. The highest BCUT2D eigenvalue weighted by Gasteiger charge is 2.42. The Morgan fingerprint density at radius 2 is 1.45 bits per heavy atom. The van der Waals surface area contributed by atoms with Crippen LogP contribution in [0.25, 0.3) is 0 Å². The molecule has 15 N–H and O–H groups in total. The summed E-state index contributed by atoms with van der Waals surface area (Å²) in [6.07, 6.45) is 3.05. The lowest BCUT2D eigenvalue weighted by Crippen LogP contribution is -2.56. The lowest BCUT2D eigenvalue weighted by Gasteiger charge is -2.24. The molecule has 0 spiro atoms. The quantitative estimate of drug-likeness (QED) is 0.0148. The molecular weight excluding hydrogens is 811 g/mol. The maximum atomic E-state index is 13.0. The largest absolute Gasteiger partial charge is 0.394 e. The molecule has 338 valence electrons. The molecule has 1 unspecified atom stereocenters. The molecule has 2 aliphatic heterocycles. The predicted molar refractivity (Wildman–Crippen MR) is 215 cm³/mol. The molecule has 0 saturated carbocycles. The van der Waals surface area contributed by atoms with Gasteiger partial charge >= 0.3 is 6.03 Å². The minimum atomic E-state index is -1.58. The van der Waals surface area contributed by atoms with Gasteiger partial charge in [0.1, 0.15) is 18.1 Å². The van der Waals surface area contributed by atoms with Crippen molar-refractivity contribution in [2.24, 2.45) is 23.3 Å². The number of carbonyl (C=O) groups is 10. The zero-order chi connectivity index (χ0) is 44.8. The molecule has 0 radical (unpaired) electrons. The molecule has 11 amide bonds. The van der Waals surface area contributed by atoms with E-state index in [1.165, 1.54) is 5.48 Å². The van der Waals surface area contributed by atoms with Crippen LogP contribution in [0.2, 0.25) is 0 Å². The molecule has 23 nitrogen and oxygen atoms in total. The van der Waals surface area contributed by atoms with Gasteiger partial charge in [0.25, 0.3) is 0 Å². The molecule has 0 aromatic carbocycles. The first kappa shape index (κ1) is 50.9. The van der Waals surface area contributed by atoms with E-state index in [0.717, 1.165) is 18.6 Å². The number of aliphatic hydroxyl groups is 1. The Kier molecular flexibility index (Phi) is 22.7. The highest BCUT2D eigenvalue weighted by Crippen LogP contribution is 2.33. The molecule has 2 heterocycles. The second-order valence-electron chi connectivity index (χ2n) is 15.1. The van der Waals surface area contributed by atoms with E-state index in [9.17, 15) is 53.1 Å². The van der Waals surface area contributed by atoms with Gasteiger partial charge in [-0.15, -0.1) is 0 Å². The molecular formula is C36H61N11O12S. The Morgan fingerprint density at radius 1 is 0.750 bits per heavy atom. The van der Waals surface area contributed by atoms with Crippen LogP contribution in [0.4, 0.5) is 4.79 Å². The molecule has 0 aliphatic carbocycles. The third kappa shape index (κ3) is 19.2. The lowest BCUT2D eigenvalue weighted by molar-refractivity contribution is -0.137. The first-order valence-electron chi connectivity index (χ1n) is 19.9. The van der Waals surface area contributed by atoms with Gasteiger partial charge in [-0.2, -0.15) is 11.8 Å². The predicted octanol–water partition coefficient (Wildman–Crippen LogP) is -4.01. The summed E-state index contributed by atoms with van der Waals surface area (Å²) in [5.74, 6) is -7.04. The number of nitrogens with one attached hydrogen (secondary N) is 9. The number of unbranched alkanes of at least 4 members (excludes halogenated alkanes) is 2. The highest BCUT2D eigenvalue weighted by atomic mass is 32.2. The fourth-order valence-corrected chi connectivity index (χ4v) is 8.10. The van der Waals surface area contributed by atoms with Crippen molar-refractivity contribution in [1.82, 2.24) is 48.0 Å². The van der Waals surface area contributed by atoms with Crippen LogP contribution < -0.4 is 59.5 Å². The van der Waals surface area contributed by atoms with Crippen molar-refractivity contribution < 1.29 is 58.3 Å². The molecule has 2 saturated heterocycles. The fraction of sp³-hybridized carbons (Fsp3) is 0.722. The topological polar surface area (TPSA) is 371 Å². The van der Waals surface area contributed by atoms with Gasteiger partial charge in [0.2, 0.25) is 53.2 Å². The Balaban J connectivity index is 1.73. The van der Waals surface area contributed by atoms with E-state index in [1.807, 2.05) is 11.8 Å². The minimum Gasteiger partial charge on any atom is -0.394 e. The van der Waals surface area contributed by atoms with Crippen molar-refractivity contribution in [1.29, 1.82) is 0 Å². The molecule has 2 aliphatic rings. The summed E-state index contributed by atoms with van der Waals surface area (Å²) in [6.45, 7) is 1.75. The van der Waals surface area contributed by atoms with E-state index in [1.54, 1.807) is 13.8 Å². The normalized spacial score (nSPS) is 18.6. The lowest BCUT2D eigenvalue weighted by atomic mass is 9.92. The monoisotopic (exact) mass is 871 g/mol. The summed E-state index contributed by atoms with van der Waals surface area (Å²) >= 11 is 1.82. The van der Waals surface area contributed by atoms with Crippen LogP contribution in [0.5, 0.6) is 0 Å². The van der Waals surface area contributed by atoms with Crippen LogP contribution in [0.15, 0.2) is 0 Å². The van der Waals surface area contributed by atoms with Crippen molar-refractivity contribution in [2.45, 2.75) is 120 Å². The Hall–Kier alpha value is -5.23. The maximum absolute atomic E-state index is 13.0. The number of amides is 11. The van der Waals surface area contributed by atoms with Gasteiger partial charge in [0.15, 0.2) is 0 Å². The smallest absolute Gasteiger partial charge is 0.315 e. The second-order valence-corrected chi connectivity index (χ2v) is 16.4. The molecule has 0 aromatic rings. The van der Waals surface area contributed by atoms with E-state index in [2.05, 4.69) is 42.5 Å². The zero-order valence-electron chi connectivity index (χ0n) is 34.0. The molecule has 0 aromatic heterocycles. The summed E-state index contributed by atoms with van der Waals surface area (Å²) in [4.78, 5) is 123. The summed E-state index contributed by atoms with van der Waals surface area (Å²) in [6, 6.07) is -3.95. The molecule has 7 atom stereocenters. The van der Waals surface area contributed by atoms with E-state index < -0.39 is 97.4 Å². The number of carbonyl (C=O) groups excluding carboxylic acids is 10. The number of primary amides is 2. The number of nitrogens with two attached hydrogens (primary N) is 2. The van der Waals surface area contributed by atoms with E-state index in [-0.39, 0.29) is 55.6 Å². The molecule has 60 heavy (non-hydrogen) atoms. The molecule has 0 bridgehead atoms. The SMILES string of the molecule is CC(C)CC(CC(=O)NO)C(=O)N[C@@H](CO)C(=O)N[C@@H](CCC(N)=O)C(=O)NCC(=O)NCC(=O)N[C@@H](CCCCNC(=O)CCCC[C@@H]1SC[C@@H]2NC(=O)N[C@@H]21)C(N)=O. The number of aliphatic hydroxyl groups excluding tert-OH is 1. The van der Waals surface area contributed by atoms with Crippen LogP contribution in [0, 0.1) is 11.8 Å². The third-order valence-corrected chi connectivity index (χ3v) is 11.2. The molecule has 24 heteroatoms. The molecule has 2 fully saturated rings. The van der Waals surface area contributed by atoms with E-state index in [0.29, 0.717) is 37.5 Å². The third-order valence-electron chi connectivity index (χ3n) is 9.68. The molecule has 2 rings (SSSR count). The zero-order valence-corrected chi connectivity index (χ0v) is 34.8. The standard InChI is InChI=1S/C36H61N11O12S/c1-19(2)13-20(14-28(51)47-59)33(55)44-23(17-48)35(57)43-22(10-11-26(37)49)34(56)41-15-29(52)40-16-30(53)42-21(32(38)54)7-5-6-12-39-27(50)9-4-3-8-25-31-24(18-60-25)45-36(58)46-31/h19-25,31,48,59H,3-18H2,1-2H3,(H2,37,49)(H2,38,54)(H,39,50)(H,40,52)(H,41,56)(H,42,53)(H,43,57)(H,44,55)(H,47,51)(H2,45,46,58)/t20?,21-,22-,23-,24-,25-,31-/m0/s1. The first-order chi connectivity index (χ1) is 28.4. The summed E-state index contributed by atoms with van der Waals surface area (Å²) in [7, 11) is 0. The number of rotatable bonds is 29. The van der Waals surface area contributed by atoms with Crippen molar-refractivity contribution in [3.63, 3.8) is 0 Å². The number of hydrogen-bond donors (Lipinski definition) is 13. The number of hydroxylamine groups is 1. The van der Waals surface area contributed by atoms with Crippen molar-refractivity contribution in [2.75, 3.05) is 32.0 Å². The van der Waals surface area contributed by atoms with Gasteiger partial charge in [0, 0.05) is 42.7 Å². The Bertz CT molecular complexity index is 1540. The average Bonchev–Trinajstić information content (AvgIpc) is 3.75. The Labute approximate surface area is 351 Å². The number of hydrogen-bond acceptors (Lipinski definition) is 13. The number of fused-ring (bicyclic) bond motifs is 1. The first-order valence-corrected chi connectivity index (χ1v) is 21.0. The van der Waals surface area contributed by atoms with E-state index in [4.69, 9.17) is 16.7 Å². The van der Waals surface area contributed by atoms with E-state index >= 15 is 0 Å². The van der Waals surface area contributed by atoms with Crippen LogP contribution >= 0.6 is 11.8 Å². The van der Waals surface area contributed by atoms with Crippen LogP contribution in [0.1, 0.15) is 84.5 Å². The number of urea groups is 1. The van der Waals surface area contributed by atoms with Crippen LogP contribution in [0.3, 0.4) is 0 Å². The maximum Gasteiger partial charge on any atom is 0.315 e. The van der Waals surface area contributed by atoms with Crippen molar-refractivity contribution in [3.05, 3.63) is 0 Å². The summed E-state index contributed by atoms with van der Waals surface area (Å²) < 4.78 is 0. The Morgan fingerprint density at radius 3 is 2.10 bits per heavy atom. The van der Waals surface area contributed by atoms with Crippen molar-refractivity contribution in [3.8, 4) is 0 Å². The van der Waals surface area contributed by atoms with Gasteiger partial charge in [0.05, 0.1) is 31.8 Å². The van der Waals surface area contributed by atoms with Crippen LogP contribution in [-0.2, 0) is 43.2 Å². The number of thioether (sulfide) groups is 1. The highest BCUT2D eigenvalue weighted by molar-refractivity contribution is 8.00. The van der Waals surface area contributed by atoms with Gasteiger partial charge in [-0.25, -0.2) is 10.3 Å². The van der Waals surface area contributed by atoms with Gasteiger partial charge in [-0.3, -0.25) is 48.4 Å². The van der Waals surface area contributed by atoms with Gasteiger partial charge in [-0.1, -0.05) is 20.3 Å². The second kappa shape index (κ2) is 26.8. The van der Waals surface area contributed by atoms with Gasteiger partial charge < -0.3 is 59.1 Å². The van der Waals surface area contributed by atoms with Crippen molar-refractivity contribution >= 4 is 71.0 Å². The average molecular weight is 872 g/mol.